The molecule has 1 N–H and O–H groups in total. The Labute approximate surface area is 262 Å². The van der Waals surface area contributed by atoms with Gasteiger partial charge in [0.1, 0.15) is 12.2 Å². The third-order valence-corrected chi connectivity index (χ3v) is 9.12. The third-order valence-electron chi connectivity index (χ3n) is 9.12. The van der Waals surface area contributed by atoms with Crippen LogP contribution in [0.25, 0.3) is 0 Å². The molecule has 4 heterocycles. The summed E-state index contributed by atoms with van der Waals surface area (Å²) in [6.07, 6.45) is -6.62. The van der Waals surface area contributed by atoms with E-state index in [9.17, 15) is 19.5 Å². The second-order valence-electron chi connectivity index (χ2n) is 11.4. The standard InChI is InChI=1S/C31H32O15/c1-13-38-9-22-27(44-13)28(40-10-32)29(41-11-33)31(45-22)46-26-16-7-19-18(42-12-43-19)6-15(16)23(24-17(26)8-39-30(24)35)14-4-20(36-2)25(34)21(5-14)37-3/h4-7,10-11,13,17,22-24,26-29,31,34H,8-9,12H2,1-3H3/t13-,17+,22-,23-,24+,26-,27-,28+,29-,31+/m1/s1. The first kappa shape index (κ1) is 30.3. The van der Waals surface area contributed by atoms with Gasteiger partial charge in [-0.3, -0.25) is 14.4 Å². The quantitative estimate of drug-likeness (QED) is 0.237. The van der Waals surface area contributed by atoms with Crippen LogP contribution in [0.15, 0.2) is 24.3 Å². The van der Waals surface area contributed by atoms with Gasteiger partial charge < -0.3 is 57.2 Å². The van der Waals surface area contributed by atoms with E-state index in [0.717, 1.165) is 0 Å². The predicted octanol–water partition coefficient (Wildman–Crippen LogP) is 1.70. The van der Waals surface area contributed by atoms with E-state index in [4.69, 9.17) is 52.1 Å². The summed E-state index contributed by atoms with van der Waals surface area (Å²) in [6, 6.07) is 6.85. The van der Waals surface area contributed by atoms with Gasteiger partial charge in [-0.05, 0) is 47.9 Å². The van der Waals surface area contributed by atoms with Crippen molar-refractivity contribution in [2.75, 3.05) is 34.2 Å². The highest BCUT2D eigenvalue weighted by Crippen LogP contribution is 2.57. The Balaban J connectivity index is 1.33. The average Bonchev–Trinajstić information content (AvgIpc) is 3.68. The number of hydrogen-bond acceptors (Lipinski definition) is 15. The minimum absolute atomic E-state index is 0.000876. The normalized spacial score (nSPS) is 33.9. The Bertz CT molecular complexity index is 1490. The minimum Gasteiger partial charge on any atom is -0.502 e. The van der Waals surface area contributed by atoms with Gasteiger partial charge in [-0.1, -0.05) is 0 Å². The Morgan fingerprint density at radius 3 is 2.22 bits per heavy atom. The fourth-order valence-corrected chi connectivity index (χ4v) is 7.13. The number of ether oxygens (including phenoxy) is 11. The Morgan fingerprint density at radius 1 is 0.870 bits per heavy atom. The van der Waals surface area contributed by atoms with E-state index in [1.807, 2.05) is 0 Å². The van der Waals surface area contributed by atoms with E-state index in [0.29, 0.717) is 28.2 Å². The number of hydrogen-bond donors (Lipinski definition) is 1. The van der Waals surface area contributed by atoms with Crippen LogP contribution in [0, 0.1) is 11.8 Å². The Hall–Kier alpha value is -4.31. The molecule has 1 aliphatic carbocycles. The van der Waals surface area contributed by atoms with Gasteiger partial charge in [0.15, 0.2) is 47.8 Å². The molecule has 5 aliphatic rings. The zero-order valence-electron chi connectivity index (χ0n) is 25.0. The van der Waals surface area contributed by atoms with Crippen molar-refractivity contribution >= 4 is 18.9 Å². The molecule has 15 nitrogen and oxygen atoms in total. The predicted molar refractivity (Wildman–Crippen MR) is 148 cm³/mol. The molecule has 7 rings (SSSR count). The van der Waals surface area contributed by atoms with E-state index >= 15 is 0 Å². The van der Waals surface area contributed by atoms with Gasteiger partial charge >= 0.3 is 5.97 Å². The number of cyclic esters (lactones) is 1. The number of benzene rings is 2. The second kappa shape index (κ2) is 12.1. The molecule has 2 aromatic rings. The molecular formula is C31H32O15. The molecule has 2 aromatic carbocycles. The van der Waals surface area contributed by atoms with Gasteiger partial charge in [0.2, 0.25) is 12.5 Å². The SMILES string of the molecule is COc1cc([C@@H]2c3cc4c(cc3[C@@H](O[C@@H]3O[C@@H]5CO[C@@H](C)O[C@H]5[C@H](OC=O)[C@H]3OC=O)[C@H]3COC(=O)[C@H]23)OCO4)cc(OC)c1O. The van der Waals surface area contributed by atoms with Gasteiger partial charge in [0.25, 0.3) is 12.9 Å². The summed E-state index contributed by atoms with van der Waals surface area (Å²) in [6.45, 7) is 2.24. The van der Waals surface area contributed by atoms with Gasteiger partial charge in [-0.15, -0.1) is 0 Å². The van der Waals surface area contributed by atoms with Gasteiger partial charge in [0.05, 0.1) is 39.5 Å². The van der Waals surface area contributed by atoms with Crippen molar-refractivity contribution < 1.29 is 71.6 Å². The largest absolute Gasteiger partial charge is 0.502 e. The molecule has 0 spiro atoms. The maximum absolute atomic E-state index is 13.5. The lowest BCUT2D eigenvalue weighted by molar-refractivity contribution is -0.363. The number of carbonyl (C=O) groups excluding carboxylic acids is 3. The summed E-state index contributed by atoms with van der Waals surface area (Å²) in [4.78, 5) is 36.8. The maximum atomic E-state index is 13.5. The zero-order chi connectivity index (χ0) is 32.1. The van der Waals surface area contributed by atoms with E-state index < -0.39 is 66.8 Å². The molecule has 4 aliphatic heterocycles. The van der Waals surface area contributed by atoms with Crippen LogP contribution in [-0.2, 0) is 47.5 Å². The maximum Gasteiger partial charge on any atom is 0.310 e. The number of phenols is 1. The summed E-state index contributed by atoms with van der Waals surface area (Å²) in [5.41, 5.74) is 1.90. The van der Waals surface area contributed by atoms with Crippen LogP contribution in [0.1, 0.15) is 35.6 Å². The molecule has 46 heavy (non-hydrogen) atoms. The topological polar surface area (TPSA) is 173 Å². The first-order valence-corrected chi connectivity index (χ1v) is 14.7. The monoisotopic (exact) mass is 644 g/mol. The molecule has 0 aromatic heterocycles. The van der Waals surface area contributed by atoms with E-state index in [1.54, 1.807) is 31.2 Å². The summed E-state index contributed by atoms with van der Waals surface area (Å²) in [5, 5.41) is 10.6. The summed E-state index contributed by atoms with van der Waals surface area (Å²) in [7, 11) is 2.83. The Morgan fingerprint density at radius 2 is 1.54 bits per heavy atom. The van der Waals surface area contributed by atoms with Crippen molar-refractivity contribution in [3.63, 3.8) is 0 Å². The van der Waals surface area contributed by atoms with E-state index in [2.05, 4.69) is 0 Å². The highest BCUT2D eigenvalue weighted by atomic mass is 16.8. The molecular weight excluding hydrogens is 612 g/mol. The molecule has 0 bridgehead atoms. The lowest BCUT2D eigenvalue weighted by Gasteiger charge is -2.48. The molecule has 10 atom stereocenters. The van der Waals surface area contributed by atoms with E-state index in [1.165, 1.54) is 14.2 Å². The number of phenolic OH excluding ortho intramolecular Hbond substituents is 1. The van der Waals surface area contributed by atoms with Crippen molar-refractivity contribution in [1.29, 1.82) is 0 Å². The second-order valence-corrected chi connectivity index (χ2v) is 11.4. The van der Waals surface area contributed by atoms with Crippen molar-refractivity contribution in [2.45, 2.75) is 55.9 Å². The third kappa shape index (κ3) is 4.94. The molecule has 0 radical (unpaired) electrons. The fourth-order valence-electron chi connectivity index (χ4n) is 7.13. The molecule has 0 unspecified atom stereocenters. The van der Waals surface area contributed by atoms with Crippen molar-refractivity contribution in [2.24, 2.45) is 11.8 Å². The highest BCUT2D eigenvalue weighted by molar-refractivity contribution is 5.79. The zero-order valence-corrected chi connectivity index (χ0v) is 25.0. The average molecular weight is 645 g/mol. The number of methoxy groups -OCH3 is 2. The molecule has 15 heteroatoms. The number of carbonyl (C=O) groups is 3. The highest BCUT2D eigenvalue weighted by Gasteiger charge is 2.57. The van der Waals surface area contributed by atoms with Crippen LogP contribution in [0.3, 0.4) is 0 Å². The first-order valence-electron chi connectivity index (χ1n) is 14.7. The van der Waals surface area contributed by atoms with Crippen molar-refractivity contribution in [3.05, 3.63) is 41.0 Å². The van der Waals surface area contributed by atoms with Crippen LogP contribution >= 0.6 is 0 Å². The number of fused-ring (bicyclic) bond motifs is 4. The summed E-state index contributed by atoms with van der Waals surface area (Å²) in [5.74, 6) is -1.36. The Kier molecular flexibility index (Phi) is 8.00. The first-order chi connectivity index (χ1) is 22.4. The number of rotatable bonds is 9. The smallest absolute Gasteiger partial charge is 0.310 e. The fraction of sp³-hybridized carbons (Fsp3) is 0.516. The molecule has 246 valence electrons. The van der Waals surface area contributed by atoms with Gasteiger partial charge in [-0.2, -0.15) is 0 Å². The van der Waals surface area contributed by atoms with E-state index in [-0.39, 0.29) is 50.2 Å². The number of aromatic hydroxyl groups is 1. The molecule has 0 amide bonds. The van der Waals surface area contributed by atoms with Gasteiger partial charge in [0, 0.05) is 11.8 Å². The minimum atomic E-state index is -1.28. The van der Waals surface area contributed by atoms with Crippen LogP contribution in [0.4, 0.5) is 0 Å². The molecule has 3 fully saturated rings. The van der Waals surface area contributed by atoms with Crippen LogP contribution in [0.2, 0.25) is 0 Å². The van der Waals surface area contributed by atoms with Crippen LogP contribution < -0.4 is 18.9 Å². The van der Waals surface area contributed by atoms with Crippen LogP contribution in [0.5, 0.6) is 28.7 Å². The van der Waals surface area contributed by atoms with Crippen molar-refractivity contribution in [3.8, 4) is 28.7 Å². The van der Waals surface area contributed by atoms with Crippen molar-refractivity contribution in [1.82, 2.24) is 0 Å². The lowest BCUT2D eigenvalue weighted by Crippen LogP contribution is -2.64. The summed E-state index contributed by atoms with van der Waals surface area (Å²) >= 11 is 0. The van der Waals surface area contributed by atoms with Gasteiger partial charge in [-0.25, -0.2) is 0 Å². The number of esters is 1. The van der Waals surface area contributed by atoms with Crippen LogP contribution in [-0.4, -0.2) is 95.2 Å². The lowest BCUT2D eigenvalue weighted by atomic mass is 9.66. The molecule has 0 saturated carbocycles. The molecule has 3 saturated heterocycles. The summed E-state index contributed by atoms with van der Waals surface area (Å²) < 4.78 is 63.1.